The summed E-state index contributed by atoms with van der Waals surface area (Å²) in [6.45, 7) is 6.33. The molecule has 2 amide bonds. The molecule has 1 fully saturated rings. The third kappa shape index (κ3) is 4.79. The van der Waals surface area contributed by atoms with Gasteiger partial charge in [-0.15, -0.1) is 0 Å². The molecule has 0 bridgehead atoms. The Morgan fingerprint density at radius 1 is 1.03 bits per heavy atom. The van der Waals surface area contributed by atoms with E-state index >= 15 is 0 Å². The highest BCUT2D eigenvalue weighted by Crippen LogP contribution is 2.31. The first-order valence-electron chi connectivity index (χ1n) is 11.7. The number of fused-ring (bicyclic) bond motifs is 1. The van der Waals surface area contributed by atoms with Crippen LogP contribution in [-0.4, -0.2) is 83.7 Å². The van der Waals surface area contributed by atoms with Gasteiger partial charge in [-0.2, -0.15) is 0 Å². The number of carbonyl (C=O) groups excluding carboxylic acids is 3. The smallest absolute Gasteiger partial charge is 0.294 e. The van der Waals surface area contributed by atoms with Gasteiger partial charge in [0.2, 0.25) is 0 Å². The second-order valence-corrected chi connectivity index (χ2v) is 9.40. The molecule has 1 saturated heterocycles. The quantitative estimate of drug-likeness (QED) is 0.436. The number of piperazine rings is 1. The Bertz CT molecular complexity index is 1250. The number of aromatic amines is 1. The standard InChI is InChI=1S/C27H32N4O4/c1-17-15-31(18(2)14-30(17)16-19-9-7-6-8-10-19)26(33)21-11-20-22(25(32)27(34)29(3)4)13-28-23(20)12-24(21)35-5/h6-13,17-18,28H,14-16H2,1-5H3/t17-,18+/m0/s1. The number of H-pyrrole nitrogens is 1. The van der Waals surface area contributed by atoms with E-state index in [0.717, 1.165) is 13.1 Å². The van der Waals surface area contributed by atoms with Crippen molar-refractivity contribution in [2.45, 2.75) is 32.5 Å². The Morgan fingerprint density at radius 2 is 1.74 bits per heavy atom. The fraction of sp³-hybridized carbons (Fsp3) is 0.370. The monoisotopic (exact) mass is 476 g/mol. The lowest BCUT2D eigenvalue weighted by atomic mass is 10.0. The molecule has 1 aliphatic heterocycles. The van der Waals surface area contributed by atoms with Crippen molar-refractivity contribution < 1.29 is 19.1 Å². The van der Waals surface area contributed by atoms with Crippen molar-refractivity contribution in [3.63, 3.8) is 0 Å². The maximum atomic E-state index is 13.7. The van der Waals surface area contributed by atoms with Gasteiger partial charge in [0, 0.05) is 69.0 Å². The molecule has 35 heavy (non-hydrogen) atoms. The van der Waals surface area contributed by atoms with E-state index in [0.29, 0.717) is 28.8 Å². The number of nitrogens with one attached hydrogen (secondary N) is 1. The Hall–Kier alpha value is -3.65. The molecule has 0 radical (unpaired) electrons. The van der Waals surface area contributed by atoms with Crippen LogP contribution in [0.3, 0.4) is 0 Å². The number of hydrogen-bond acceptors (Lipinski definition) is 5. The van der Waals surface area contributed by atoms with Crippen molar-refractivity contribution in [1.29, 1.82) is 0 Å². The zero-order valence-corrected chi connectivity index (χ0v) is 20.9. The average molecular weight is 477 g/mol. The zero-order valence-electron chi connectivity index (χ0n) is 20.9. The van der Waals surface area contributed by atoms with E-state index in [1.165, 1.54) is 37.9 Å². The number of hydrogen-bond donors (Lipinski definition) is 1. The summed E-state index contributed by atoms with van der Waals surface area (Å²) in [7, 11) is 4.59. The summed E-state index contributed by atoms with van der Waals surface area (Å²) in [5.74, 6) is -0.970. The molecule has 184 valence electrons. The normalized spacial score (nSPS) is 18.5. The van der Waals surface area contributed by atoms with E-state index in [2.05, 4.69) is 28.9 Å². The third-order valence-corrected chi connectivity index (χ3v) is 6.68. The van der Waals surface area contributed by atoms with Gasteiger partial charge in [-0.3, -0.25) is 19.3 Å². The number of ketones is 1. The molecule has 8 nitrogen and oxygen atoms in total. The topological polar surface area (TPSA) is 85.9 Å². The average Bonchev–Trinajstić information content (AvgIpc) is 3.27. The summed E-state index contributed by atoms with van der Waals surface area (Å²) in [6.07, 6.45) is 1.51. The second kappa shape index (κ2) is 9.92. The van der Waals surface area contributed by atoms with Crippen molar-refractivity contribution in [3.8, 4) is 5.75 Å². The van der Waals surface area contributed by atoms with Crippen LogP contribution < -0.4 is 4.74 Å². The van der Waals surface area contributed by atoms with Gasteiger partial charge in [0.15, 0.2) is 0 Å². The minimum atomic E-state index is -0.624. The van der Waals surface area contributed by atoms with Crippen molar-refractivity contribution >= 4 is 28.5 Å². The summed E-state index contributed by atoms with van der Waals surface area (Å²) < 4.78 is 5.55. The number of rotatable bonds is 6. The molecule has 0 spiro atoms. The molecule has 3 aromatic rings. The lowest BCUT2D eigenvalue weighted by molar-refractivity contribution is -0.124. The SMILES string of the molecule is COc1cc2[nH]cc(C(=O)C(=O)N(C)C)c2cc1C(=O)N1C[C@H](C)N(Cc2ccccc2)C[C@H]1C. The largest absolute Gasteiger partial charge is 0.496 e. The first-order valence-corrected chi connectivity index (χ1v) is 11.7. The van der Waals surface area contributed by atoms with E-state index in [1.807, 2.05) is 30.0 Å². The molecule has 1 N–H and O–H groups in total. The summed E-state index contributed by atoms with van der Waals surface area (Å²) in [5.41, 5.74) is 2.49. The molecular weight excluding hydrogens is 444 g/mol. The molecule has 2 heterocycles. The first kappa shape index (κ1) is 24.5. The molecular formula is C27H32N4O4. The van der Waals surface area contributed by atoms with Gasteiger partial charge in [-0.1, -0.05) is 30.3 Å². The molecule has 4 rings (SSSR count). The highest BCUT2D eigenvalue weighted by molar-refractivity contribution is 6.44. The minimum Gasteiger partial charge on any atom is -0.496 e. The molecule has 8 heteroatoms. The predicted molar refractivity (Wildman–Crippen MR) is 135 cm³/mol. The van der Waals surface area contributed by atoms with Crippen molar-refractivity contribution in [3.05, 3.63) is 65.4 Å². The van der Waals surface area contributed by atoms with E-state index in [4.69, 9.17) is 4.74 Å². The summed E-state index contributed by atoms with van der Waals surface area (Å²) in [6, 6.07) is 13.9. The van der Waals surface area contributed by atoms with Crippen LogP contribution in [-0.2, 0) is 11.3 Å². The van der Waals surface area contributed by atoms with E-state index in [9.17, 15) is 14.4 Å². The number of likely N-dealkylation sites (N-methyl/N-ethyl adjacent to an activating group) is 1. The van der Waals surface area contributed by atoms with Gasteiger partial charge in [-0.05, 0) is 25.5 Å². The lowest BCUT2D eigenvalue weighted by Crippen LogP contribution is -2.57. The number of amides is 2. The van der Waals surface area contributed by atoms with Gasteiger partial charge >= 0.3 is 0 Å². The summed E-state index contributed by atoms with van der Waals surface area (Å²) in [5, 5.41) is 0.526. The van der Waals surface area contributed by atoms with Crippen LogP contribution in [0.25, 0.3) is 10.9 Å². The van der Waals surface area contributed by atoms with E-state index < -0.39 is 11.7 Å². The number of methoxy groups -OCH3 is 1. The second-order valence-electron chi connectivity index (χ2n) is 9.40. The van der Waals surface area contributed by atoms with E-state index in [-0.39, 0.29) is 23.6 Å². The molecule has 2 atom stereocenters. The fourth-order valence-corrected chi connectivity index (χ4v) is 4.67. The fourth-order valence-electron chi connectivity index (χ4n) is 4.67. The van der Waals surface area contributed by atoms with Gasteiger partial charge in [0.05, 0.1) is 18.2 Å². The molecule has 0 saturated carbocycles. The number of Topliss-reactive ketones (excluding diaryl/α,β-unsaturated/α-hetero) is 1. The number of benzene rings is 2. The number of nitrogens with zero attached hydrogens (tertiary/aromatic N) is 3. The van der Waals surface area contributed by atoms with Gasteiger partial charge in [0.25, 0.3) is 17.6 Å². The van der Waals surface area contributed by atoms with Crippen LogP contribution in [0, 0.1) is 0 Å². The lowest BCUT2D eigenvalue weighted by Gasteiger charge is -2.44. The Labute approximate surface area is 205 Å². The molecule has 0 unspecified atom stereocenters. The van der Waals surface area contributed by atoms with Gasteiger partial charge < -0.3 is 19.5 Å². The van der Waals surface area contributed by atoms with Crippen molar-refractivity contribution in [2.75, 3.05) is 34.3 Å². The van der Waals surface area contributed by atoms with E-state index in [1.54, 1.807) is 12.1 Å². The summed E-state index contributed by atoms with van der Waals surface area (Å²) in [4.78, 5) is 47.3. The Morgan fingerprint density at radius 3 is 2.40 bits per heavy atom. The molecule has 1 aromatic heterocycles. The van der Waals surface area contributed by atoms with Crippen LogP contribution in [0.15, 0.2) is 48.7 Å². The third-order valence-electron chi connectivity index (χ3n) is 6.68. The molecule has 2 aromatic carbocycles. The Balaban J connectivity index is 1.62. The highest BCUT2D eigenvalue weighted by Gasteiger charge is 2.34. The summed E-state index contributed by atoms with van der Waals surface area (Å²) >= 11 is 0. The molecule has 0 aliphatic carbocycles. The van der Waals surface area contributed by atoms with Crippen molar-refractivity contribution in [2.24, 2.45) is 0 Å². The minimum absolute atomic E-state index is 0.00883. The van der Waals surface area contributed by atoms with Crippen LogP contribution in [0.5, 0.6) is 5.75 Å². The highest BCUT2D eigenvalue weighted by atomic mass is 16.5. The Kier molecular flexibility index (Phi) is 6.93. The number of ether oxygens (including phenoxy) is 1. The van der Waals surface area contributed by atoms with Crippen molar-refractivity contribution in [1.82, 2.24) is 19.7 Å². The zero-order chi connectivity index (χ0) is 25.3. The first-order chi connectivity index (χ1) is 16.7. The predicted octanol–water partition coefficient (Wildman–Crippen LogP) is 3.18. The molecule has 1 aliphatic rings. The number of aromatic nitrogens is 1. The van der Waals surface area contributed by atoms with Gasteiger partial charge in [-0.25, -0.2) is 0 Å². The van der Waals surface area contributed by atoms with Crippen LogP contribution in [0.1, 0.15) is 40.1 Å². The maximum absolute atomic E-state index is 13.7. The number of carbonyl (C=O) groups is 3. The van der Waals surface area contributed by atoms with Gasteiger partial charge in [0.1, 0.15) is 5.75 Å². The maximum Gasteiger partial charge on any atom is 0.294 e. The van der Waals surface area contributed by atoms with Crippen LogP contribution in [0.4, 0.5) is 0 Å². The van der Waals surface area contributed by atoms with Crippen LogP contribution >= 0.6 is 0 Å². The van der Waals surface area contributed by atoms with Crippen LogP contribution in [0.2, 0.25) is 0 Å².